The molecule has 19 heavy (non-hydrogen) atoms. The summed E-state index contributed by atoms with van der Waals surface area (Å²) in [6.45, 7) is 0. The summed E-state index contributed by atoms with van der Waals surface area (Å²) in [5.74, 6) is -0.187. The highest BCUT2D eigenvalue weighted by Gasteiger charge is 2.16. The smallest absolute Gasteiger partial charge is 0.224 e. The van der Waals surface area contributed by atoms with Gasteiger partial charge in [0.15, 0.2) is 5.78 Å². The van der Waals surface area contributed by atoms with Gasteiger partial charge in [-0.05, 0) is 30.2 Å². The quantitative estimate of drug-likeness (QED) is 0.801. The third-order valence-corrected chi connectivity index (χ3v) is 3.18. The fraction of sp³-hybridized carbons (Fsp3) is 0.357. The number of aryl methyl sites for hydroxylation is 1. The summed E-state index contributed by atoms with van der Waals surface area (Å²) in [5, 5.41) is 5.26. The van der Waals surface area contributed by atoms with Gasteiger partial charge in [-0.2, -0.15) is 0 Å². The molecule has 0 fully saturated rings. The van der Waals surface area contributed by atoms with Crippen LogP contribution in [0.3, 0.4) is 0 Å². The molecule has 0 saturated carbocycles. The predicted octanol–water partition coefficient (Wildman–Crippen LogP) is 1.28. The van der Waals surface area contributed by atoms with E-state index in [1.807, 2.05) is 0 Å². The van der Waals surface area contributed by atoms with E-state index in [9.17, 15) is 14.4 Å². The van der Waals surface area contributed by atoms with Crippen LogP contribution in [0.4, 0.5) is 5.69 Å². The first-order valence-electron chi connectivity index (χ1n) is 6.26. The van der Waals surface area contributed by atoms with Crippen molar-refractivity contribution >= 4 is 23.3 Å². The van der Waals surface area contributed by atoms with Crippen LogP contribution in [-0.2, 0) is 16.0 Å². The average Bonchev–Trinajstić information content (AvgIpc) is 2.43. The molecule has 0 unspecified atom stereocenters. The molecule has 5 heteroatoms. The zero-order valence-electron chi connectivity index (χ0n) is 10.8. The molecule has 1 heterocycles. The molecule has 0 saturated heterocycles. The van der Waals surface area contributed by atoms with Crippen molar-refractivity contribution in [3.63, 3.8) is 0 Å². The van der Waals surface area contributed by atoms with Crippen LogP contribution in [0, 0.1) is 0 Å². The number of Topliss-reactive ketones (excluding diaryl/α,β-unsaturated/α-hetero) is 1. The maximum Gasteiger partial charge on any atom is 0.224 e. The van der Waals surface area contributed by atoms with Gasteiger partial charge in [-0.25, -0.2) is 0 Å². The van der Waals surface area contributed by atoms with Gasteiger partial charge in [0.05, 0.1) is 0 Å². The first kappa shape index (κ1) is 13.3. The van der Waals surface area contributed by atoms with E-state index < -0.39 is 0 Å². The standard InChI is InChI=1S/C14H16N2O3/c1-15-13(18)7-5-12(17)10-2-4-11-9(8-10)3-6-14(19)16-11/h2,4,8H,3,5-7H2,1H3,(H,15,18)(H,16,19). The molecule has 0 aliphatic carbocycles. The van der Waals surface area contributed by atoms with Crippen molar-refractivity contribution < 1.29 is 14.4 Å². The molecule has 2 N–H and O–H groups in total. The Morgan fingerprint density at radius 2 is 2.05 bits per heavy atom. The Hall–Kier alpha value is -2.17. The highest BCUT2D eigenvalue weighted by Crippen LogP contribution is 2.24. The molecule has 0 bridgehead atoms. The lowest BCUT2D eigenvalue weighted by molar-refractivity contribution is -0.120. The Morgan fingerprint density at radius 1 is 1.26 bits per heavy atom. The lowest BCUT2D eigenvalue weighted by Crippen LogP contribution is -2.20. The van der Waals surface area contributed by atoms with E-state index in [2.05, 4.69) is 10.6 Å². The molecule has 1 aliphatic heterocycles. The number of hydrogen-bond donors (Lipinski definition) is 2. The summed E-state index contributed by atoms with van der Waals surface area (Å²) in [7, 11) is 1.55. The van der Waals surface area contributed by atoms with Crippen LogP contribution in [0.25, 0.3) is 0 Å². The zero-order chi connectivity index (χ0) is 13.8. The molecule has 0 radical (unpaired) electrons. The van der Waals surface area contributed by atoms with E-state index in [1.54, 1.807) is 25.2 Å². The van der Waals surface area contributed by atoms with E-state index >= 15 is 0 Å². The Kier molecular flexibility index (Phi) is 3.94. The summed E-state index contributed by atoms with van der Waals surface area (Å²) >= 11 is 0. The number of nitrogens with one attached hydrogen (secondary N) is 2. The van der Waals surface area contributed by atoms with Gasteiger partial charge in [-0.15, -0.1) is 0 Å². The highest BCUT2D eigenvalue weighted by molar-refractivity contribution is 6.00. The molecule has 1 aromatic rings. The van der Waals surface area contributed by atoms with Crippen molar-refractivity contribution in [1.82, 2.24) is 5.32 Å². The van der Waals surface area contributed by atoms with Gasteiger partial charge in [0.1, 0.15) is 0 Å². The molecule has 5 nitrogen and oxygen atoms in total. The van der Waals surface area contributed by atoms with Crippen molar-refractivity contribution in [2.24, 2.45) is 0 Å². The number of fused-ring (bicyclic) bond motifs is 1. The van der Waals surface area contributed by atoms with Crippen LogP contribution < -0.4 is 10.6 Å². The molecular formula is C14H16N2O3. The molecule has 1 aromatic carbocycles. The van der Waals surface area contributed by atoms with Gasteiger partial charge >= 0.3 is 0 Å². The van der Waals surface area contributed by atoms with Crippen LogP contribution in [0.2, 0.25) is 0 Å². The van der Waals surface area contributed by atoms with Gasteiger partial charge in [0, 0.05) is 37.6 Å². The SMILES string of the molecule is CNC(=O)CCC(=O)c1ccc2c(c1)CCC(=O)N2. The minimum atomic E-state index is -0.140. The number of rotatable bonds is 4. The van der Waals surface area contributed by atoms with Crippen LogP contribution in [0.5, 0.6) is 0 Å². The average molecular weight is 260 g/mol. The maximum absolute atomic E-state index is 11.9. The van der Waals surface area contributed by atoms with Crippen LogP contribution in [0.1, 0.15) is 35.2 Å². The lowest BCUT2D eigenvalue weighted by Gasteiger charge is -2.17. The molecule has 1 aliphatic rings. The Balaban J connectivity index is 2.07. The van der Waals surface area contributed by atoms with Crippen molar-refractivity contribution in [2.75, 3.05) is 12.4 Å². The third kappa shape index (κ3) is 3.19. The fourth-order valence-corrected chi connectivity index (χ4v) is 2.05. The van der Waals surface area contributed by atoms with Gasteiger partial charge < -0.3 is 10.6 Å². The largest absolute Gasteiger partial charge is 0.359 e. The van der Waals surface area contributed by atoms with E-state index in [1.165, 1.54) is 0 Å². The number of ketones is 1. The molecule has 2 rings (SSSR count). The number of hydrogen-bond acceptors (Lipinski definition) is 3. The summed E-state index contributed by atoms with van der Waals surface area (Å²) in [6.07, 6.45) is 1.49. The monoisotopic (exact) mass is 260 g/mol. The van der Waals surface area contributed by atoms with Gasteiger partial charge in [0.25, 0.3) is 0 Å². The van der Waals surface area contributed by atoms with E-state index in [-0.39, 0.29) is 30.4 Å². The normalized spacial score (nSPS) is 13.4. The van der Waals surface area contributed by atoms with Crippen molar-refractivity contribution in [3.05, 3.63) is 29.3 Å². The second kappa shape index (κ2) is 5.65. The highest BCUT2D eigenvalue weighted by atomic mass is 16.2. The van der Waals surface area contributed by atoms with Gasteiger partial charge in [0.2, 0.25) is 11.8 Å². The second-order valence-electron chi connectivity index (χ2n) is 4.52. The zero-order valence-corrected chi connectivity index (χ0v) is 10.8. The molecule has 100 valence electrons. The van der Waals surface area contributed by atoms with Crippen molar-refractivity contribution in [2.45, 2.75) is 25.7 Å². The molecule has 0 atom stereocenters. The number of carbonyl (C=O) groups excluding carboxylic acids is 3. The minimum Gasteiger partial charge on any atom is -0.359 e. The van der Waals surface area contributed by atoms with Gasteiger partial charge in [-0.1, -0.05) is 0 Å². The summed E-state index contributed by atoms with van der Waals surface area (Å²) in [4.78, 5) is 34.3. The molecular weight excluding hydrogens is 244 g/mol. The molecule has 0 spiro atoms. The van der Waals surface area contributed by atoms with Crippen LogP contribution in [0.15, 0.2) is 18.2 Å². The number of amides is 2. The van der Waals surface area contributed by atoms with E-state index in [0.29, 0.717) is 18.4 Å². The predicted molar refractivity (Wildman–Crippen MR) is 71.0 cm³/mol. The topological polar surface area (TPSA) is 75.3 Å². The first-order chi connectivity index (χ1) is 9.10. The van der Waals surface area contributed by atoms with Crippen LogP contribution in [-0.4, -0.2) is 24.6 Å². The summed E-state index contributed by atoms with van der Waals surface area (Å²) in [6, 6.07) is 5.25. The molecule has 0 aromatic heterocycles. The van der Waals surface area contributed by atoms with Gasteiger partial charge in [-0.3, -0.25) is 14.4 Å². The molecule has 2 amide bonds. The third-order valence-electron chi connectivity index (χ3n) is 3.18. The number of benzene rings is 1. The minimum absolute atomic E-state index is 0.00573. The van der Waals surface area contributed by atoms with E-state index in [0.717, 1.165) is 11.3 Å². The first-order valence-corrected chi connectivity index (χ1v) is 6.26. The number of carbonyl (C=O) groups is 3. The lowest BCUT2D eigenvalue weighted by atomic mass is 9.97. The van der Waals surface area contributed by atoms with Crippen molar-refractivity contribution in [3.8, 4) is 0 Å². The number of anilines is 1. The van der Waals surface area contributed by atoms with Crippen LogP contribution >= 0.6 is 0 Å². The Morgan fingerprint density at radius 3 is 2.79 bits per heavy atom. The summed E-state index contributed by atoms with van der Waals surface area (Å²) in [5.41, 5.74) is 2.35. The van der Waals surface area contributed by atoms with Crippen molar-refractivity contribution in [1.29, 1.82) is 0 Å². The maximum atomic E-state index is 11.9. The van der Waals surface area contributed by atoms with E-state index in [4.69, 9.17) is 0 Å². The Bertz CT molecular complexity index is 537. The second-order valence-corrected chi connectivity index (χ2v) is 4.52. The Labute approximate surface area is 111 Å². The summed E-state index contributed by atoms with van der Waals surface area (Å²) < 4.78 is 0. The fourth-order valence-electron chi connectivity index (χ4n) is 2.05.